The zero-order valence-electron chi connectivity index (χ0n) is 28.4. The van der Waals surface area contributed by atoms with Crippen LogP contribution in [0.25, 0.3) is 64.6 Å². The predicted molar refractivity (Wildman–Crippen MR) is 228 cm³/mol. The van der Waals surface area contributed by atoms with Gasteiger partial charge >= 0.3 is 0 Å². The van der Waals surface area contributed by atoms with Crippen molar-refractivity contribution in [2.45, 2.75) is 0 Å². The molecule has 53 heavy (non-hydrogen) atoms. The number of halogens is 1. The largest absolute Gasteiger partial charge is 0.308 e. The number of hydrogen-bond acceptors (Lipinski definition) is 2. The lowest BCUT2D eigenvalue weighted by atomic mass is 9.94. The van der Waals surface area contributed by atoms with Gasteiger partial charge in [-0.25, -0.2) is 0 Å². The fourth-order valence-corrected chi connectivity index (χ4v) is 11.5. The molecule has 0 radical (unpaired) electrons. The molecular weight excluding hydrogens is 687 g/mol. The monoisotopic (exact) mass is 716 g/mol. The minimum Gasteiger partial charge on any atom is -0.308 e. The van der Waals surface area contributed by atoms with Gasteiger partial charge in [0.2, 0.25) is 0 Å². The lowest BCUT2D eigenvalue weighted by Crippen LogP contribution is -2.18. The van der Waals surface area contributed by atoms with Crippen molar-refractivity contribution in [3.05, 3.63) is 182 Å². The Balaban J connectivity index is 1.19. The molecule has 3 nitrogen and oxygen atoms in total. The molecule has 1 unspecified atom stereocenters. The third-order valence-electron chi connectivity index (χ3n) is 11.0. The molecule has 1 heterocycles. The average molecular weight is 717 g/mol. The average Bonchev–Trinajstić information content (AvgIpc) is 3.30. The molecular formula is C48H30ClN2OP. The van der Waals surface area contributed by atoms with Crippen LogP contribution in [0.3, 0.4) is 0 Å². The Bertz CT molecular complexity index is 3140. The second-order valence-corrected chi connectivity index (χ2v) is 17.0. The summed E-state index contributed by atoms with van der Waals surface area (Å²) in [6, 6.07) is 63.5. The first kappa shape index (κ1) is 30.5. The summed E-state index contributed by atoms with van der Waals surface area (Å²) in [6.45, 7) is -3.78. The fraction of sp³-hybridized carbons (Fsp3) is 0. The first-order valence-corrected chi connectivity index (χ1v) is 20.4. The van der Waals surface area contributed by atoms with Crippen molar-refractivity contribution < 1.29 is 4.57 Å². The van der Waals surface area contributed by atoms with E-state index in [-0.39, 0.29) is 0 Å². The number of benzene rings is 10. The van der Waals surface area contributed by atoms with E-state index in [1.807, 2.05) is 47.1 Å². The summed E-state index contributed by atoms with van der Waals surface area (Å²) in [5, 5.41) is 14.8. The number of anilines is 5. The van der Waals surface area contributed by atoms with Crippen LogP contribution >= 0.6 is 17.9 Å². The molecule has 0 aliphatic carbocycles. The van der Waals surface area contributed by atoms with Crippen molar-refractivity contribution in [2.75, 3.05) is 9.57 Å². The normalized spacial score (nSPS) is 15.7. The minimum atomic E-state index is -3.78. The van der Waals surface area contributed by atoms with Gasteiger partial charge < -0.3 is 4.90 Å². The zero-order chi connectivity index (χ0) is 35.3. The quantitative estimate of drug-likeness (QED) is 0.131. The Labute approximate surface area is 311 Å². The van der Waals surface area contributed by atoms with Crippen molar-refractivity contribution in [2.24, 2.45) is 0 Å². The molecule has 11 rings (SSSR count). The fourth-order valence-electron chi connectivity index (χ4n) is 8.72. The maximum Gasteiger partial charge on any atom is 0.293 e. The highest BCUT2D eigenvalue weighted by molar-refractivity contribution is 7.96. The van der Waals surface area contributed by atoms with E-state index in [1.54, 1.807) is 0 Å². The van der Waals surface area contributed by atoms with E-state index in [2.05, 4.69) is 144 Å². The maximum atomic E-state index is 15.6. The highest BCUT2D eigenvalue weighted by Crippen LogP contribution is 2.65. The van der Waals surface area contributed by atoms with Crippen LogP contribution in [0.2, 0.25) is 0 Å². The highest BCUT2D eigenvalue weighted by atomic mass is 35.7. The second-order valence-electron chi connectivity index (χ2n) is 13.8. The van der Waals surface area contributed by atoms with Gasteiger partial charge in [0.25, 0.3) is 6.65 Å². The molecule has 0 saturated heterocycles. The number of fused-ring (bicyclic) bond motifs is 14. The second kappa shape index (κ2) is 11.4. The molecule has 1 atom stereocenters. The summed E-state index contributed by atoms with van der Waals surface area (Å²) < 4.78 is 17.4. The summed E-state index contributed by atoms with van der Waals surface area (Å²) in [6.07, 6.45) is 0. The van der Waals surface area contributed by atoms with Crippen molar-refractivity contribution in [3.8, 4) is 0 Å². The van der Waals surface area contributed by atoms with Crippen LogP contribution < -0.4 is 14.9 Å². The summed E-state index contributed by atoms with van der Waals surface area (Å²) >= 11 is 7.55. The van der Waals surface area contributed by atoms with Gasteiger partial charge in [0.1, 0.15) is 0 Å². The number of nitrogens with zero attached hydrogens (tertiary/aromatic N) is 2. The van der Waals surface area contributed by atoms with Gasteiger partial charge in [-0.15, -0.1) is 0 Å². The van der Waals surface area contributed by atoms with E-state index in [0.717, 1.165) is 50.0 Å². The number of hydrogen-bond donors (Lipinski definition) is 0. The number of rotatable bonds is 2. The van der Waals surface area contributed by atoms with Crippen molar-refractivity contribution >= 4 is 116 Å². The first-order valence-electron chi connectivity index (χ1n) is 17.8. The Hall–Kier alpha value is -6.12. The van der Waals surface area contributed by atoms with Crippen molar-refractivity contribution in [3.63, 3.8) is 0 Å². The molecule has 250 valence electrons. The standard InChI is InChI=1S/C48H30ClN2OP/c49-53(52)48-24-12-11-23-47(48)50(31-25-27-41-37-17-3-1-13-33(37)35-15-5-7-19-39(35)43(41)29-31)45-21-9-10-22-46(45)51(53)32-26-28-42-38-18-4-2-14-34(38)36-16-6-8-20-40(36)44(42)30-32/h1-30H. The van der Waals surface area contributed by atoms with Gasteiger partial charge in [-0.3, -0.25) is 9.24 Å². The molecule has 10 aromatic rings. The van der Waals surface area contributed by atoms with E-state index >= 15 is 4.57 Å². The van der Waals surface area contributed by atoms with Crippen LogP contribution in [0, 0.1) is 0 Å². The van der Waals surface area contributed by atoms with E-state index < -0.39 is 6.65 Å². The predicted octanol–water partition coefficient (Wildman–Crippen LogP) is 14.3. The topological polar surface area (TPSA) is 23.6 Å². The van der Waals surface area contributed by atoms with Crippen LogP contribution in [0.5, 0.6) is 0 Å². The zero-order valence-corrected chi connectivity index (χ0v) is 30.1. The Morgan fingerprint density at radius 2 is 0.679 bits per heavy atom. The van der Waals surface area contributed by atoms with Crippen LogP contribution in [-0.4, -0.2) is 0 Å². The first-order chi connectivity index (χ1) is 26.1. The third-order valence-corrected chi connectivity index (χ3v) is 13.9. The van der Waals surface area contributed by atoms with E-state index in [0.29, 0.717) is 5.30 Å². The smallest absolute Gasteiger partial charge is 0.293 e. The van der Waals surface area contributed by atoms with Gasteiger partial charge in [0.05, 0.1) is 22.4 Å². The summed E-state index contributed by atoms with van der Waals surface area (Å²) in [4.78, 5) is 2.23. The van der Waals surface area contributed by atoms with Gasteiger partial charge in [-0.1, -0.05) is 133 Å². The van der Waals surface area contributed by atoms with Crippen molar-refractivity contribution in [1.29, 1.82) is 0 Å². The SMILES string of the molecule is O=P1(Cl)c2ccccc2N(c2ccc3c4ccccc4c4ccccc4c3c2)c2ccccc2N1c1ccc2c3ccccc3c3ccccc3c2c1. The molecule has 5 heteroatoms. The molecule has 10 aromatic carbocycles. The number of para-hydroxylation sites is 3. The lowest BCUT2D eigenvalue weighted by Gasteiger charge is -2.30. The van der Waals surface area contributed by atoms with Gasteiger partial charge in [0.15, 0.2) is 0 Å². The molecule has 0 fully saturated rings. The molecule has 0 bridgehead atoms. The molecule has 0 N–H and O–H groups in total. The van der Waals surface area contributed by atoms with Crippen LogP contribution in [0.4, 0.5) is 28.4 Å². The summed E-state index contributed by atoms with van der Waals surface area (Å²) in [7, 11) is 0. The molecule has 0 amide bonds. The Morgan fingerprint density at radius 3 is 1.17 bits per heavy atom. The maximum absolute atomic E-state index is 15.6. The molecule has 0 saturated carbocycles. The van der Waals surface area contributed by atoms with E-state index in [4.69, 9.17) is 11.2 Å². The van der Waals surface area contributed by atoms with E-state index in [9.17, 15) is 0 Å². The van der Waals surface area contributed by atoms with Gasteiger partial charge in [0, 0.05) is 11.4 Å². The summed E-state index contributed by atoms with van der Waals surface area (Å²) in [5.74, 6) is 0. The van der Waals surface area contributed by atoms with Crippen LogP contribution in [0.1, 0.15) is 0 Å². The molecule has 1 aliphatic heterocycles. The van der Waals surface area contributed by atoms with Crippen LogP contribution in [-0.2, 0) is 4.57 Å². The minimum absolute atomic E-state index is 0.588. The van der Waals surface area contributed by atoms with Gasteiger partial charge in [-0.2, -0.15) is 0 Å². The van der Waals surface area contributed by atoms with Gasteiger partial charge in [-0.05, 0) is 124 Å². The third kappa shape index (κ3) is 4.39. The molecule has 0 aromatic heterocycles. The summed E-state index contributed by atoms with van der Waals surface area (Å²) in [5.41, 5.74) is 4.20. The molecule has 1 aliphatic rings. The lowest BCUT2D eigenvalue weighted by molar-refractivity contribution is 0.590. The van der Waals surface area contributed by atoms with Crippen LogP contribution in [0.15, 0.2) is 182 Å². The Kier molecular flexibility index (Phi) is 6.58. The Morgan fingerprint density at radius 1 is 0.340 bits per heavy atom. The molecule has 0 spiro atoms. The van der Waals surface area contributed by atoms with E-state index in [1.165, 1.54) is 43.1 Å². The van der Waals surface area contributed by atoms with Crippen molar-refractivity contribution in [1.82, 2.24) is 0 Å². The highest BCUT2D eigenvalue weighted by Gasteiger charge is 2.41.